The van der Waals surface area contributed by atoms with Crippen LogP contribution < -0.4 is 10.2 Å². The van der Waals surface area contributed by atoms with Crippen LogP contribution in [0.1, 0.15) is 6.92 Å². The van der Waals surface area contributed by atoms with Crippen molar-refractivity contribution in [2.24, 2.45) is 0 Å². The first-order chi connectivity index (χ1) is 17.0. The van der Waals surface area contributed by atoms with Gasteiger partial charge in [0.05, 0.1) is 18.0 Å². The zero-order chi connectivity index (χ0) is 26.9. The molecule has 0 aliphatic carbocycles. The zero-order valence-corrected chi connectivity index (χ0v) is 21.3. The van der Waals surface area contributed by atoms with E-state index in [1.54, 1.807) is 19.1 Å². The molecule has 0 saturated heterocycles. The van der Waals surface area contributed by atoms with E-state index in [9.17, 15) is 22.4 Å². The van der Waals surface area contributed by atoms with E-state index in [1.807, 2.05) is 0 Å². The van der Waals surface area contributed by atoms with E-state index in [0.29, 0.717) is 15.9 Å². The molecule has 0 unspecified atom stereocenters. The number of hydrogen-bond acceptors (Lipinski definition) is 7. The van der Waals surface area contributed by atoms with E-state index in [2.05, 4.69) is 0 Å². The Morgan fingerprint density at radius 3 is 2.33 bits per heavy atom. The summed E-state index contributed by atoms with van der Waals surface area (Å²) in [5.74, 6) is -1.94. The number of hydroxylamine groups is 1. The average Bonchev–Trinajstić information content (AvgIpc) is 2.86. The number of urea groups is 1. The molecule has 3 N–H and O–H groups in total. The number of amides is 3. The van der Waals surface area contributed by atoms with Gasteiger partial charge in [-0.1, -0.05) is 11.6 Å². The maximum atomic E-state index is 14.7. The van der Waals surface area contributed by atoms with Gasteiger partial charge in [-0.25, -0.2) is 23.1 Å². The van der Waals surface area contributed by atoms with E-state index in [4.69, 9.17) is 26.7 Å². The highest BCUT2D eigenvalue weighted by Gasteiger charge is 2.29. The maximum Gasteiger partial charge on any atom is 0.319 e. The van der Waals surface area contributed by atoms with Gasteiger partial charge in [0.1, 0.15) is 5.75 Å². The summed E-state index contributed by atoms with van der Waals surface area (Å²) < 4.78 is 47.3. The zero-order valence-electron chi connectivity index (χ0n) is 19.7. The number of carbonyl (C=O) groups is 2. The highest BCUT2D eigenvalue weighted by Crippen LogP contribution is 2.28. The number of ether oxygens (including phenoxy) is 1. The van der Waals surface area contributed by atoms with Crippen molar-refractivity contribution in [3.05, 3.63) is 53.3 Å². The number of benzene rings is 2. The Labute approximate surface area is 213 Å². The van der Waals surface area contributed by atoms with Gasteiger partial charge >= 0.3 is 6.03 Å². The third-order valence-corrected chi connectivity index (χ3v) is 7.15. The number of halogens is 2. The molecule has 0 aliphatic heterocycles. The second-order valence-corrected chi connectivity index (χ2v) is 9.90. The van der Waals surface area contributed by atoms with Crippen LogP contribution in [0.5, 0.6) is 11.5 Å². The Hall–Kier alpha value is -2.97. The Morgan fingerprint density at radius 2 is 1.78 bits per heavy atom. The van der Waals surface area contributed by atoms with E-state index in [1.165, 1.54) is 34.5 Å². The van der Waals surface area contributed by atoms with Crippen molar-refractivity contribution < 1.29 is 37.4 Å². The number of likely N-dealkylation sites (N-methyl/N-ethyl adjacent to an activating group) is 2. The molecular weight excluding hydrogens is 519 g/mol. The van der Waals surface area contributed by atoms with E-state index >= 15 is 0 Å². The van der Waals surface area contributed by atoms with Crippen molar-refractivity contribution in [2.75, 3.05) is 46.4 Å². The Morgan fingerprint density at radius 1 is 1.11 bits per heavy atom. The molecule has 36 heavy (non-hydrogen) atoms. The van der Waals surface area contributed by atoms with Crippen LogP contribution in [0.2, 0.25) is 5.02 Å². The van der Waals surface area contributed by atoms with E-state index in [-0.39, 0.29) is 37.7 Å². The summed E-state index contributed by atoms with van der Waals surface area (Å²) in [6.45, 7) is 0.658. The van der Waals surface area contributed by atoms with Gasteiger partial charge in [0.2, 0.25) is 10.0 Å². The van der Waals surface area contributed by atoms with Crippen molar-refractivity contribution in [1.82, 2.24) is 19.6 Å². The monoisotopic (exact) mass is 546 g/mol. The molecule has 0 spiro atoms. The number of nitrogens with one attached hydrogen (secondary N) is 1. The fourth-order valence-electron chi connectivity index (χ4n) is 3.09. The van der Waals surface area contributed by atoms with Gasteiger partial charge in [-0.3, -0.25) is 10.0 Å². The summed E-state index contributed by atoms with van der Waals surface area (Å²) in [7, 11) is -2.99. The predicted octanol–water partition coefficient (Wildman–Crippen LogP) is 2.13. The van der Waals surface area contributed by atoms with Crippen molar-refractivity contribution in [1.29, 1.82) is 0 Å². The van der Waals surface area contributed by atoms with Crippen molar-refractivity contribution in [2.45, 2.75) is 11.8 Å². The minimum absolute atomic E-state index is 0.0956. The van der Waals surface area contributed by atoms with Gasteiger partial charge in [-0.05, 0) is 49.4 Å². The maximum absolute atomic E-state index is 14.7. The molecule has 0 atom stereocenters. The smallest absolute Gasteiger partial charge is 0.319 e. The number of sulfonamides is 1. The Bertz CT molecular complexity index is 1150. The molecule has 0 aliphatic rings. The lowest BCUT2D eigenvalue weighted by atomic mass is 10.3. The minimum atomic E-state index is -4.42. The van der Waals surface area contributed by atoms with Crippen LogP contribution in [0.15, 0.2) is 47.4 Å². The lowest BCUT2D eigenvalue weighted by molar-refractivity contribution is -0.129. The predicted molar refractivity (Wildman–Crippen MR) is 129 cm³/mol. The molecule has 198 valence electrons. The molecule has 0 heterocycles. The largest absolute Gasteiger partial charge is 0.454 e. The van der Waals surface area contributed by atoms with Crippen molar-refractivity contribution in [3.8, 4) is 11.5 Å². The summed E-state index contributed by atoms with van der Waals surface area (Å²) in [5.41, 5.74) is 1.36. The highest BCUT2D eigenvalue weighted by molar-refractivity contribution is 7.89. The third-order valence-electron chi connectivity index (χ3n) is 5.06. The molecule has 2 aromatic carbocycles. The van der Waals surface area contributed by atoms with Crippen LogP contribution in [0.4, 0.5) is 9.18 Å². The highest BCUT2D eigenvalue weighted by atomic mass is 35.5. The van der Waals surface area contributed by atoms with Crippen LogP contribution in [0.3, 0.4) is 0 Å². The van der Waals surface area contributed by atoms with Crippen molar-refractivity contribution >= 4 is 33.6 Å². The summed E-state index contributed by atoms with van der Waals surface area (Å²) in [5, 5.41) is 18.4. The summed E-state index contributed by atoms with van der Waals surface area (Å²) >= 11 is 5.81. The van der Waals surface area contributed by atoms with Gasteiger partial charge in [-0.2, -0.15) is 4.31 Å². The molecule has 3 amide bonds. The molecule has 14 heteroatoms. The normalized spacial score (nSPS) is 11.3. The lowest BCUT2D eigenvalue weighted by Crippen LogP contribution is -2.47. The number of aliphatic hydroxyl groups excluding tert-OH is 1. The number of aliphatic hydroxyl groups is 1. The molecular formula is C22H28ClFN4O7S. The van der Waals surface area contributed by atoms with E-state index in [0.717, 1.165) is 18.2 Å². The van der Waals surface area contributed by atoms with Crippen LogP contribution in [-0.2, 0) is 14.8 Å². The minimum Gasteiger partial charge on any atom is -0.454 e. The quantitative estimate of drug-likeness (QED) is 0.274. The van der Waals surface area contributed by atoms with Gasteiger partial charge in [-0.15, -0.1) is 0 Å². The first-order valence-electron chi connectivity index (χ1n) is 10.8. The fourth-order valence-corrected chi connectivity index (χ4v) is 4.62. The number of hydrogen-bond donors (Lipinski definition) is 3. The summed E-state index contributed by atoms with van der Waals surface area (Å²) in [6, 6.07) is 8.66. The van der Waals surface area contributed by atoms with E-state index < -0.39 is 39.2 Å². The molecule has 2 aromatic rings. The fraction of sp³-hybridized carbons (Fsp3) is 0.364. The molecule has 0 fully saturated rings. The molecule has 0 aromatic heterocycles. The second kappa shape index (κ2) is 13.4. The van der Waals surface area contributed by atoms with Crippen LogP contribution >= 0.6 is 11.6 Å². The average molecular weight is 547 g/mol. The van der Waals surface area contributed by atoms with Crippen LogP contribution in [-0.4, -0.2) is 91.2 Å². The second-order valence-electron chi connectivity index (χ2n) is 7.53. The molecule has 2 rings (SSSR count). The molecule has 0 radical (unpaired) electrons. The van der Waals surface area contributed by atoms with Crippen molar-refractivity contribution in [3.63, 3.8) is 0 Å². The Kier molecular flexibility index (Phi) is 10.9. The van der Waals surface area contributed by atoms with Gasteiger partial charge in [0.25, 0.3) is 5.91 Å². The topological polar surface area (TPSA) is 140 Å². The standard InChI is InChI=1S/C22H28ClFN4O7S/c1-3-27(12-13-29)22(31)26(2)10-11-28(15-21(30)25-32)36(33,34)18-8-9-20(19(24)14-18)35-17-6-4-16(23)5-7-17/h4-9,14,29,32H,3,10-13,15H2,1-2H3,(H,25,30). The third kappa shape index (κ3) is 7.77. The first kappa shape index (κ1) is 29.3. The Balaban J connectivity index is 2.24. The van der Waals surface area contributed by atoms with Crippen LogP contribution in [0.25, 0.3) is 0 Å². The first-order valence-corrected chi connectivity index (χ1v) is 12.6. The lowest BCUT2D eigenvalue weighted by Gasteiger charge is -2.29. The summed E-state index contributed by atoms with van der Waals surface area (Å²) in [4.78, 5) is 26.4. The van der Waals surface area contributed by atoms with Gasteiger partial charge in [0.15, 0.2) is 11.6 Å². The van der Waals surface area contributed by atoms with Crippen LogP contribution in [0, 0.1) is 5.82 Å². The number of nitrogens with zero attached hydrogens (tertiary/aromatic N) is 3. The van der Waals surface area contributed by atoms with Gasteiger partial charge in [0, 0.05) is 38.2 Å². The SMILES string of the molecule is CCN(CCO)C(=O)N(C)CCN(CC(=O)NO)S(=O)(=O)c1ccc(Oc2ccc(Cl)cc2)c(F)c1. The molecule has 11 nitrogen and oxygen atoms in total. The summed E-state index contributed by atoms with van der Waals surface area (Å²) in [6.07, 6.45) is 0. The number of rotatable bonds is 12. The molecule has 0 saturated carbocycles. The molecule has 0 bridgehead atoms. The van der Waals surface area contributed by atoms with Gasteiger partial charge < -0.3 is 19.6 Å². The number of carbonyl (C=O) groups excluding carboxylic acids is 2.